The van der Waals surface area contributed by atoms with Gasteiger partial charge < -0.3 is 30.5 Å². The van der Waals surface area contributed by atoms with Crippen molar-refractivity contribution < 1.29 is 19.1 Å². The van der Waals surface area contributed by atoms with Crippen LogP contribution in [0.2, 0.25) is 0 Å². The van der Waals surface area contributed by atoms with Crippen LogP contribution in [0.15, 0.2) is 48.7 Å². The number of pyridine rings is 1. The molecular weight excluding hydrogens is 412 g/mol. The number of benzene rings is 1. The lowest BCUT2D eigenvalue weighted by atomic mass is 10.2. The van der Waals surface area contributed by atoms with Crippen LogP contribution in [0, 0.1) is 0 Å². The minimum absolute atomic E-state index is 0.00817. The van der Waals surface area contributed by atoms with Gasteiger partial charge in [0, 0.05) is 63.8 Å². The van der Waals surface area contributed by atoms with Gasteiger partial charge in [0.05, 0.1) is 0 Å². The molecule has 170 valence electrons. The molecule has 1 fully saturated rings. The second-order valence-corrected chi connectivity index (χ2v) is 7.25. The monoisotopic (exact) mass is 440 g/mol. The maximum atomic E-state index is 12.5. The molecule has 0 bridgehead atoms. The summed E-state index contributed by atoms with van der Waals surface area (Å²) in [5.74, 6) is 0.641. The van der Waals surface area contributed by atoms with Crippen molar-refractivity contribution in [3.8, 4) is 0 Å². The van der Waals surface area contributed by atoms with E-state index in [9.17, 15) is 14.4 Å². The summed E-state index contributed by atoms with van der Waals surface area (Å²) >= 11 is 0. The number of nitrogens with zero attached hydrogens (tertiary/aromatic N) is 3. The van der Waals surface area contributed by atoms with Gasteiger partial charge in [-0.1, -0.05) is 12.1 Å². The summed E-state index contributed by atoms with van der Waals surface area (Å²) < 4.78 is 4.78. The number of ether oxygens (including phenoxy) is 1. The maximum Gasteiger partial charge on any atom is 0.319 e. The number of piperazine rings is 1. The quantitative estimate of drug-likeness (QED) is 0.573. The number of carbonyl (C=O) groups is 3. The maximum absolute atomic E-state index is 12.5. The van der Waals surface area contributed by atoms with Crippen molar-refractivity contribution in [2.45, 2.75) is 6.42 Å². The van der Waals surface area contributed by atoms with Crippen LogP contribution < -0.4 is 20.9 Å². The first-order chi connectivity index (χ1) is 15.5. The van der Waals surface area contributed by atoms with E-state index in [1.54, 1.807) is 30.5 Å². The Morgan fingerprint density at radius 3 is 2.44 bits per heavy atom. The number of amides is 4. The number of urea groups is 1. The molecule has 32 heavy (non-hydrogen) atoms. The molecule has 2 aromatic rings. The Labute approximate surface area is 186 Å². The molecule has 1 saturated heterocycles. The minimum Gasteiger partial charge on any atom is -0.375 e. The Hall–Kier alpha value is -3.66. The molecule has 10 nitrogen and oxygen atoms in total. The number of rotatable bonds is 8. The number of methoxy groups -OCH3 is 1. The molecule has 1 aromatic carbocycles. The van der Waals surface area contributed by atoms with E-state index in [-0.39, 0.29) is 31.4 Å². The van der Waals surface area contributed by atoms with E-state index in [1.807, 2.05) is 23.1 Å². The summed E-state index contributed by atoms with van der Waals surface area (Å²) in [5, 5.41) is 8.06. The zero-order chi connectivity index (χ0) is 22.8. The van der Waals surface area contributed by atoms with Crippen LogP contribution in [0.4, 0.5) is 22.0 Å². The number of hydrogen-bond donors (Lipinski definition) is 3. The first kappa shape index (κ1) is 23.0. The summed E-state index contributed by atoms with van der Waals surface area (Å²) in [6.45, 7) is 2.90. The molecule has 3 rings (SSSR count). The Bertz CT molecular complexity index is 916. The van der Waals surface area contributed by atoms with Crippen LogP contribution in [0.3, 0.4) is 0 Å². The van der Waals surface area contributed by atoms with Gasteiger partial charge in [-0.15, -0.1) is 0 Å². The van der Waals surface area contributed by atoms with Gasteiger partial charge in [-0.25, -0.2) is 9.78 Å². The lowest BCUT2D eigenvalue weighted by Crippen LogP contribution is -2.49. The van der Waals surface area contributed by atoms with Crippen molar-refractivity contribution in [1.82, 2.24) is 15.2 Å². The third kappa shape index (κ3) is 6.95. The van der Waals surface area contributed by atoms with Gasteiger partial charge in [-0.2, -0.15) is 0 Å². The fraction of sp³-hybridized carbons (Fsp3) is 0.364. The van der Waals surface area contributed by atoms with Crippen LogP contribution in [0.5, 0.6) is 0 Å². The van der Waals surface area contributed by atoms with Gasteiger partial charge in [0.2, 0.25) is 11.8 Å². The van der Waals surface area contributed by atoms with Crippen LogP contribution in [-0.2, 0) is 14.3 Å². The minimum atomic E-state index is -0.418. The predicted octanol–water partition coefficient (Wildman–Crippen LogP) is 1.53. The van der Waals surface area contributed by atoms with Crippen molar-refractivity contribution in [2.75, 3.05) is 62.0 Å². The van der Waals surface area contributed by atoms with Gasteiger partial charge in [0.25, 0.3) is 0 Å². The number of aromatic nitrogens is 1. The summed E-state index contributed by atoms with van der Waals surface area (Å²) in [6, 6.07) is 12.1. The Morgan fingerprint density at radius 1 is 1.00 bits per heavy atom. The standard InChI is InChI=1S/C22H28N6O4/c1-32-16-20(29)25-17-5-4-6-18(15-17)26-22(31)24-10-8-21(30)28-13-11-27(12-14-28)19-7-2-3-9-23-19/h2-7,9,15H,8,10-14,16H2,1H3,(H,25,29)(H2,24,26,31). The Balaban J connectivity index is 1.37. The lowest BCUT2D eigenvalue weighted by Gasteiger charge is -2.35. The van der Waals surface area contributed by atoms with Gasteiger partial charge in [-0.05, 0) is 30.3 Å². The highest BCUT2D eigenvalue weighted by Crippen LogP contribution is 2.15. The fourth-order valence-electron chi connectivity index (χ4n) is 3.34. The highest BCUT2D eigenvalue weighted by atomic mass is 16.5. The van der Waals surface area contributed by atoms with E-state index in [4.69, 9.17) is 4.74 Å². The number of carbonyl (C=O) groups excluding carboxylic acids is 3. The van der Waals surface area contributed by atoms with Crippen molar-refractivity contribution in [3.05, 3.63) is 48.7 Å². The van der Waals surface area contributed by atoms with Crippen molar-refractivity contribution in [3.63, 3.8) is 0 Å². The highest BCUT2D eigenvalue weighted by Gasteiger charge is 2.21. The first-order valence-electron chi connectivity index (χ1n) is 10.4. The average molecular weight is 441 g/mol. The van der Waals surface area contributed by atoms with Gasteiger partial charge >= 0.3 is 6.03 Å². The molecule has 0 atom stereocenters. The van der Waals surface area contributed by atoms with Crippen LogP contribution in [0.25, 0.3) is 0 Å². The molecule has 3 N–H and O–H groups in total. The van der Waals surface area contributed by atoms with E-state index in [1.165, 1.54) is 7.11 Å². The summed E-state index contributed by atoms with van der Waals surface area (Å²) in [6.07, 6.45) is 1.99. The highest BCUT2D eigenvalue weighted by molar-refractivity contribution is 5.94. The Kier molecular flexibility index (Phi) is 8.38. The Morgan fingerprint density at radius 2 is 1.75 bits per heavy atom. The SMILES string of the molecule is COCC(=O)Nc1cccc(NC(=O)NCCC(=O)N2CCN(c3ccccn3)CC2)c1. The van der Waals surface area contributed by atoms with E-state index in [2.05, 4.69) is 25.8 Å². The molecule has 10 heteroatoms. The zero-order valence-electron chi connectivity index (χ0n) is 18.0. The lowest BCUT2D eigenvalue weighted by molar-refractivity contribution is -0.131. The third-order valence-corrected chi connectivity index (χ3v) is 4.91. The molecule has 0 radical (unpaired) electrons. The molecule has 4 amide bonds. The molecular formula is C22H28N6O4. The molecule has 0 spiro atoms. The first-order valence-corrected chi connectivity index (χ1v) is 10.4. The van der Waals surface area contributed by atoms with Gasteiger partial charge in [-0.3, -0.25) is 9.59 Å². The van der Waals surface area contributed by atoms with E-state index in [0.717, 1.165) is 18.9 Å². The van der Waals surface area contributed by atoms with Gasteiger partial charge in [0.1, 0.15) is 12.4 Å². The molecule has 0 saturated carbocycles. The molecule has 1 aliphatic heterocycles. The second-order valence-electron chi connectivity index (χ2n) is 7.25. The predicted molar refractivity (Wildman–Crippen MR) is 122 cm³/mol. The summed E-state index contributed by atoms with van der Waals surface area (Å²) in [4.78, 5) is 44.5. The topological polar surface area (TPSA) is 116 Å². The van der Waals surface area contributed by atoms with E-state index in [0.29, 0.717) is 24.5 Å². The van der Waals surface area contributed by atoms with Crippen LogP contribution >= 0.6 is 0 Å². The van der Waals surface area contributed by atoms with E-state index >= 15 is 0 Å². The van der Waals surface area contributed by atoms with E-state index < -0.39 is 6.03 Å². The molecule has 1 aliphatic rings. The smallest absolute Gasteiger partial charge is 0.319 e. The normalized spacial score (nSPS) is 13.4. The molecule has 2 heterocycles. The number of anilines is 3. The second kappa shape index (κ2) is 11.7. The van der Waals surface area contributed by atoms with Crippen LogP contribution in [0.1, 0.15) is 6.42 Å². The third-order valence-electron chi connectivity index (χ3n) is 4.91. The van der Waals surface area contributed by atoms with Crippen molar-refractivity contribution in [2.24, 2.45) is 0 Å². The molecule has 1 aromatic heterocycles. The number of nitrogens with one attached hydrogen (secondary N) is 3. The van der Waals surface area contributed by atoms with Gasteiger partial charge in [0.15, 0.2) is 0 Å². The number of hydrogen-bond acceptors (Lipinski definition) is 6. The van der Waals surface area contributed by atoms with Crippen molar-refractivity contribution in [1.29, 1.82) is 0 Å². The molecule has 0 aliphatic carbocycles. The zero-order valence-corrected chi connectivity index (χ0v) is 18.0. The largest absolute Gasteiger partial charge is 0.375 e. The molecule has 0 unspecified atom stereocenters. The van der Waals surface area contributed by atoms with Crippen LogP contribution in [-0.4, -0.2) is 74.2 Å². The summed E-state index contributed by atoms with van der Waals surface area (Å²) in [5.41, 5.74) is 1.07. The van der Waals surface area contributed by atoms with Crippen molar-refractivity contribution >= 4 is 35.0 Å². The average Bonchev–Trinajstić information content (AvgIpc) is 2.80. The summed E-state index contributed by atoms with van der Waals surface area (Å²) in [7, 11) is 1.44. The fourth-order valence-corrected chi connectivity index (χ4v) is 3.34.